The molecule has 0 bridgehead atoms. The minimum Gasteiger partial charge on any atom is -0.363 e. The summed E-state index contributed by atoms with van der Waals surface area (Å²) in [6.45, 7) is 2.41. The van der Waals surface area contributed by atoms with Gasteiger partial charge in [-0.3, -0.25) is 9.59 Å². The van der Waals surface area contributed by atoms with Crippen molar-refractivity contribution in [2.75, 3.05) is 17.2 Å². The van der Waals surface area contributed by atoms with Crippen LogP contribution in [0.25, 0.3) is 0 Å². The molecule has 30 heavy (non-hydrogen) atoms. The second-order valence-electron chi connectivity index (χ2n) is 7.18. The molecule has 0 aromatic heterocycles. The van der Waals surface area contributed by atoms with E-state index in [2.05, 4.69) is 10.6 Å². The molecule has 2 amide bonds. The van der Waals surface area contributed by atoms with Gasteiger partial charge in [-0.2, -0.15) is 0 Å². The molecule has 0 unspecified atom stereocenters. The Morgan fingerprint density at radius 3 is 2.47 bits per heavy atom. The molecule has 0 spiro atoms. The highest BCUT2D eigenvalue weighted by atomic mass is 35.5. The molecule has 1 atom stereocenters. The van der Waals surface area contributed by atoms with Gasteiger partial charge in [-0.25, -0.2) is 0 Å². The predicted molar refractivity (Wildman–Crippen MR) is 118 cm³/mol. The van der Waals surface area contributed by atoms with Crippen molar-refractivity contribution in [1.82, 2.24) is 0 Å². The van der Waals surface area contributed by atoms with E-state index in [1.165, 1.54) is 0 Å². The molecule has 6 heteroatoms. The molecule has 1 aliphatic heterocycles. The minimum atomic E-state index is -0.635. The van der Waals surface area contributed by atoms with Gasteiger partial charge in [-0.15, -0.1) is 0 Å². The van der Waals surface area contributed by atoms with E-state index in [1.54, 1.807) is 36.4 Å². The van der Waals surface area contributed by atoms with Crippen LogP contribution in [0.2, 0.25) is 5.02 Å². The Morgan fingerprint density at radius 1 is 0.967 bits per heavy atom. The standard InChI is InChI=1S/C24H21ClN2O3/c1-15-6-9-19(14-21(15)25)27-23(28)17-7-10-18(11-8-17)26-24(29)22-20-5-3-2-4-16(20)12-13-30-22/h2-11,14,22H,12-13H2,1H3,(H,26,29)(H,27,28)/t22-/m0/s1. The summed E-state index contributed by atoms with van der Waals surface area (Å²) >= 11 is 6.11. The van der Waals surface area contributed by atoms with Gasteiger partial charge in [-0.05, 0) is 66.4 Å². The topological polar surface area (TPSA) is 67.4 Å². The number of nitrogens with one attached hydrogen (secondary N) is 2. The van der Waals surface area contributed by atoms with E-state index >= 15 is 0 Å². The van der Waals surface area contributed by atoms with Gasteiger partial charge in [-0.1, -0.05) is 41.9 Å². The molecule has 152 valence electrons. The van der Waals surface area contributed by atoms with E-state index in [9.17, 15) is 9.59 Å². The third kappa shape index (κ3) is 4.37. The fourth-order valence-corrected chi connectivity index (χ4v) is 3.58. The van der Waals surface area contributed by atoms with Crippen LogP contribution in [0.5, 0.6) is 0 Å². The molecular formula is C24H21ClN2O3. The quantitative estimate of drug-likeness (QED) is 0.613. The summed E-state index contributed by atoms with van der Waals surface area (Å²) in [5.41, 5.74) is 4.67. The minimum absolute atomic E-state index is 0.228. The smallest absolute Gasteiger partial charge is 0.258 e. The zero-order valence-corrected chi connectivity index (χ0v) is 17.2. The van der Waals surface area contributed by atoms with E-state index in [1.807, 2.05) is 37.3 Å². The Balaban J connectivity index is 1.42. The van der Waals surface area contributed by atoms with E-state index in [-0.39, 0.29) is 11.8 Å². The van der Waals surface area contributed by atoms with Crippen LogP contribution in [0.1, 0.15) is 33.2 Å². The van der Waals surface area contributed by atoms with Crippen molar-refractivity contribution in [3.8, 4) is 0 Å². The van der Waals surface area contributed by atoms with Crippen molar-refractivity contribution in [2.24, 2.45) is 0 Å². The highest BCUT2D eigenvalue weighted by molar-refractivity contribution is 6.31. The van der Waals surface area contributed by atoms with Gasteiger partial charge in [0.1, 0.15) is 0 Å². The van der Waals surface area contributed by atoms with Gasteiger partial charge in [0.2, 0.25) is 0 Å². The van der Waals surface area contributed by atoms with Crippen molar-refractivity contribution in [2.45, 2.75) is 19.4 Å². The van der Waals surface area contributed by atoms with Gasteiger partial charge in [0, 0.05) is 22.0 Å². The predicted octanol–water partition coefficient (Wildman–Crippen LogP) is 5.15. The van der Waals surface area contributed by atoms with E-state index in [0.717, 1.165) is 23.1 Å². The fourth-order valence-electron chi connectivity index (χ4n) is 3.40. The summed E-state index contributed by atoms with van der Waals surface area (Å²) in [5, 5.41) is 6.28. The Labute approximate surface area is 180 Å². The summed E-state index contributed by atoms with van der Waals surface area (Å²) in [5.74, 6) is -0.481. The van der Waals surface area contributed by atoms with E-state index < -0.39 is 6.10 Å². The zero-order valence-electron chi connectivity index (χ0n) is 16.4. The third-order valence-corrected chi connectivity index (χ3v) is 5.48. The summed E-state index contributed by atoms with van der Waals surface area (Å²) < 4.78 is 5.70. The van der Waals surface area contributed by atoms with Crippen LogP contribution in [0.4, 0.5) is 11.4 Å². The largest absolute Gasteiger partial charge is 0.363 e. The van der Waals surface area contributed by atoms with Gasteiger partial charge in [0.05, 0.1) is 6.61 Å². The van der Waals surface area contributed by atoms with Gasteiger partial charge < -0.3 is 15.4 Å². The summed E-state index contributed by atoms with van der Waals surface area (Å²) in [6.07, 6.45) is 0.167. The number of amides is 2. The number of carbonyl (C=O) groups excluding carboxylic acids is 2. The summed E-state index contributed by atoms with van der Waals surface area (Å²) in [4.78, 5) is 25.2. The number of hydrogen-bond donors (Lipinski definition) is 2. The number of hydrogen-bond acceptors (Lipinski definition) is 3. The number of halogens is 1. The first-order chi connectivity index (χ1) is 14.5. The number of anilines is 2. The lowest BCUT2D eigenvalue weighted by atomic mass is 9.97. The molecular weight excluding hydrogens is 400 g/mol. The maximum Gasteiger partial charge on any atom is 0.258 e. The Bertz CT molecular complexity index is 1100. The fraction of sp³-hybridized carbons (Fsp3) is 0.167. The normalized spacial score (nSPS) is 15.2. The first-order valence-electron chi connectivity index (χ1n) is 9.69. The highest BCUT2D eigenvalue weighted by Gasteiger charge is 2.27. The van der Waals surface area contributed by atoms with Crippen molar-refractivity contribution >= 4 is 34.8 Å². The molecule has 1 aliphatic rings. The van der Waals surface area contributed by atoms with Crippen LogP contribution in [0.3, 0.4) is 0 Å². The molecule has 0 aliphatic carbocycles. The van der Waals surface area contributed by atoms with Crippen LogP contribution in [0.15, 0.2) is 66.7 Å². The van der Waals surface area contributed by atoms with Gasteiger partial charge in [0.25, 0.3) is 11.8 Å². The molecule has 2 N–H and O–H groups in total. The molecule has 4 rings (SSSR count). The SMILES string of the molecule is Cc1ccc(NC(=O)c2ccc(NC(=O)[C@H]3OCCc4ccccc43)cc2)cc1Cl. The van der Waals surface area contributed by atoms with Crippen molar-refractivity contribution in [3.05, 3.63) is 94.0 Å². The van der Waals surface area contributed by atoms with Gasteiger partial charge in [0.15, 0.2) is 6.10 Å². The van der Waals surface area contributed by atoms with Crippen molar-refractivity contribution in [1.29, 1.82) is 0 Å². The lowest BCUT2D eigenvalue weighted by Crippen LogP contribution is -2.28. The maximum atomic E-state index is 12.7. The second kappa shape index (κ2) is 8.69. The van der Waals surface area contributed by atoms with Crippen LogP contribution < -0.4 is 10.6 Å². The number of fused-ring (bicyclic) bond motifs is 1. The van der Waals surface area contributed by atoms with Crippen LogP contribution >= 0.6 is 11.6 Å². The van der Waals surface area contributed by atoms with E-state index in [4.69, 9.17) is 16.3 Å². The average molecular weight is 421 g/mol. The molecule has 3 aromatic carbocycles. The Morgan fingerprint density at radius 2 is 1.70 bits per heavy atom. The van der Waals surface area contributed by atoms with E-state index in [0.29, 0.717) is 28.6 Å². The molecule has 0 radical (unpaired) electrons. The highest BCUT2D eigenvalue weighted by Crippen LogP contribution is 2.28. The number of rotatable bonds is 4. The average Bonchev–Trinajstić information content (AvgIpc) is 2.76. The molecule has 0 fully saturated rings. The lowest BCUT2D eigenvalue weighted by molar-refractivity contribution is -0.128. The third-order valence-electron chi connectivity index (χ3n) is 5.08. The van der Waals surface area contributed by atoms with Crippen LogP contribution in [-0.4, -0.2) is 18.4 Å². The van der Waals surface area contributed by atoms with Crippen molar-refractivity contribution in [3.63, 3.8) is 0 Å². The summed E-state index contributed by atoms with van der Waals surface area (Å²) in [6, 6.07) is 19.9. The first kappa shape index (κ1) is 20.1. The first-order valence-corrected chi connectivity index (χ1v) is 10.1. The monoisotopic (exact) mass is 420 g/mol. The molecule has 3 aromatic rings. The zero-order chi connectivity index (χ0) is 21.1. The number of ether oxygens (including phenoxy) is 1. The maximum absolute atomic E-state index is 12.7. The lowest BCUT2D eigenvalue weighted by Gasteiger charge is -2.25. The summed E-state index contributed by atoms with van der Waals surface area (Å²) in [7, 11) is 0. The number of carbonyl (C=O) groups is 2. The number of aryl methyl sites for hydroxylation is 1. The van der Waals surface area contributed by atoms with Crippen LogP contribution in [-0.2, 0) is 16.0 Å². The molecule has 0 saturated carbocycles. The molecule has 1 heterocycles. The Kier molecular flexibility index (Phi) is 5.84. The second-order valence-corrected chi connectivity index (χ2v) is 7.59. The molecule has 0 saturated heterocycles. The van der Waals surface area contributed by atoms with Crippen LogP contribution in [0, 0.1) is 6.92 Å². The number of benzene rings is 3. The van der Waals surface area contributed by atoms with Crippen molar-refractivity contribution < 1.29 is 14.3 Å². The molecule has 5 nitrogen and oxygen atoms in total. The van der Waals surface area contributed by atoms with Gasteiger partial charge >= 0.3 is 0 Å². The Hall–Kier alpha value is -3.15.